The van der Waals surface area contributed by atoms with Gasteiger partial charge in [-0.15, -0.1) is 0 Å². The summed E-state index contributed by atoms with van der Waals surface area (Å²) in [6, 6.07) is 5.71. The average molecular weight is 342 g/mol. The fraction of sp³-hybridized carbons (Fsp3) is 0.438. The molecule has 0 aliphatic heterocycles. The Morgan fingerprint density at radius 3 is 2.55 bits per heavy atom. The van der Waals surface area contributed by atoms with Crippen LogP contribution in [0.4, 0.5) is 0 Å². The molecule has 0 saturated heterocycles. The monoisotopic (exact) mass is 341 g/mol. The molecule has 1 aromatic heterocycles. The summed E-state index contributed by atoms with van der Waals surface area (Å²) in [4.78, 5) is 2.21. The predicted octanol–water partition coefficient (Wildman–Crippen LogP) is 3.43. The van der Waals surface area contributed by atoms with Gasteiger partial charge in [-0.1, -0.05) is 29.3 Å². The van der Waals surface area contributed by atoms with Gasteiger partial charge in [-0.2, -0.15) is 5.10 Å². The van der Waals surface area contributed by atoms with E-state index in [1.807, 2.05) is 36.7 Å². The highest BCUT2D eigenvalue weighted by Crippen LogP contribution is 2.23. The Kier molecular flexibility index (Phi) is 5.87. The second-order valence-corrected chi connectivity index (χ2v) is 6.33. The summed E-state index contributed by atoms with van der Waals surface area (Å²) in [5.41, 5.74) is 4.44. The van der Waals surface area contributed by atoms with Crippen LogP contribution in [-0.2, 0) is 19.6 Å². The Morgan fingerprint density at radius 1 is 1.18 bits per heavy atom. The van der Waals surface area contributed by atoms with E-state index in [4.69, 9.17) is 28.3 Å². The Morgan fingerprint density at radius 2 is 1.91 bits per heavy atom. The lowest BCUT2D eigenvalue weighted by Crippen LogP contribution is -2.18. The number of hydrogen-bond acceptors (Lipinski definition) is 3. The second kappa shape index (κ2) is 7.47. The third kappa shape index (κ3) is 4.02. The van der Waals surface area contributed by atoms with Crippen molar-refractivity contribution in [3.05, 3.63) is 50.8 Å². The van der Waals surface area contributed by atoms with Crippen LogP contribution >= 0.6 is 23.2 Å². The van der Waals surface area contributed by atoms with Crippen molar-refractivity contribution in [1.29, 1.82) is 0 Å². The molecule has 0 radical (unpaired) electrons. The molecule has 22 heavy (non-hydrogen) atoms. The van der Waals surface area contributed by atoms with Crippen LogP contribution in [0.1, 0.15) is 22.5 Å². The fourth-order valence-electron chi connectivity index (χ4n) is 2.55. The summed E-state index contributed by atoms with van der Waals surface area (Å²) in [6.07, 6.45) is 0. The summed E-state index contributed by atoms with van der Waals surface area (Å²) < 4.78 is 1.86. The normalized spacial score (nSPS) is 11.4. The van der Waals surface area contributed by atoms with Gasteiger partial charge in [0, 0.05) is 24.3 Å². The molecule has 0 bridgehead atoms. The number of aliphatic hydroxyl groups excluding tert-OH is 1. The molecule has 2 rings (SSSR count). The fourth-order valence-corrected chi connectivity index (χ4v) is 2.87. The maximum Gasteiger partial charge on any atom is 0.0644 e. The van der Waals surface area contributed by atoms with E-state index in [2.05, 4.69) is 17.0 Å². The number of aromatic nitrogens is 2. The molecular weight excluding hydrogens is 321 g/mol. The van der Waals surface area contributed by atoms with Gasteiger partial charge in [0.2, 0.25) is 0 Å². The van der Waals surface area contributed by atoms with Crippen molar-refractivity contribution in [3.8, 4) is 0 Å². The minimum atomic E-state index is 0.0977. The first kappa shape index (κ1) is 17.3. The first-order valence-corrected chi connectivity index (χ1v) is 7.94. The van der Waals surface area contributed by atoms with Gasteiger partial charge >= 0.3 is 0 Å². The summed E-state index contributed by atoms with van der Waals surface area (Å²) >= 11 is 12.0. The quantitative estimate of drug-likeness (QED) is 0.874. The molecule has 0 aliphatic carbocycles. The average Bonchev–Trinajstić information content (AvgIpc) is 2.71. The number of nitrogens with zero attached hydrogens (tertiary/aromatic N) is 3. The Balaban J connectivity index is 2.08. The lowest BCUT2D eigenvalue weighted by atomic mass is 10.1. The van der Waals surface area contributed by atoms with Crippen molar-refractivity contribution in [2.45, 2.75) is 33.5 Å². The van der Waals surface area contributed by atoms with Crippen LogP contribution in [0.25, 0.3) is 0 Å². The molecule has 1 aromatic carbocycles. The lowest BCUT2D eigenvalue weighted by Gasteiger charge is -2.17. The van der Waals surface area contributed by atoms with Gasteiger partial charge in [0.25, 0.3) is 0 Å². The molecule has 0 spiro atoms. The molecule has 0 aliphatic rings. The van der Waals surface area contributed by atoms with Crippen LogP contribution in [0.15, 0.2) is 18.2 Å². The summed E-state index contributed by atoms with van der Waals surface area (Å²) in [6.45, 7) is 6.25. The molecule has 1 N–H and O–H groups in total. The maximum atomic E-state index is 9.07. The zero-order valence-electron chi connectivity index (χ0n) is 13.1. The number of rotatable bonds is 6. The second-order valence-electron chi connectivity index (χ2n) is 5.52. The van der Waals surface area contributed by atoms with Gasteiger partial charge in [-0.25, -0.2) is 0 Å². The predicted molar refractivity (Wildman–Crippen MR) is 90.4 cm³/mol. The van der Waals surface area contributed by atoms with Gasteiger partial charge < -0.3 is 5.11 Å². The van der Waals surface area contributed by atoms with Crippen molar-refractivity contribution in [2.75, 3.05) is 13.7 Å². The summed E-state index contributed by atoms with van der Waals surface area (Å²) in [5.74, 6) is 0. The Bertz CT molecular complexity index is 655. The number of hydrogen-bond donors (Lipinski definition) is 1. The molecule has 0 unspecified atom stereocenters. The number of aliphatic hydroxyl groups is 1. The van der Waals surface area contributed by atoms with Crippen molar-refractivity contribution in [1.82, 2.24) is 14.7 Å². The van der Waals surface area contributed by atoms with Crippen molar-refractivity contribution < 1.29 is 5.11 Å². The van der Waals surface area contributed by atoms with E-state index in [1.54, 1.807) is 0 Å². The molecule has 2 aromatic rings. The molecule has 4 nitrogen and oxygen atoms in total. The molecule has 0 amide bonds. The van der Waals surface area contributed by atoms with E-state index in [1.165, 1.54) is 5.56 Å². The molecule has 0 atom stereocenters. The molecule has 6 heteroatoms. The van der Waals surface area contributed by atoms with E-state index in [0.717, 1.165) is 30.0 Å². The maximum absolute atomic E-state index is 9.07. The van der Waals surface area contributed by atoms with Crippen molar-refractivity contribution in [2.24, 2.45) is 0 Å². The summed E-state index contributed by atoms with van der Waals surface area (Å²) in [7, 11) is 2.06. The van der Waals surface area contributed by atoms with Crippen LogP contribution in [0, 0.1) is 13.8 Å². The first-order chi connectivity index (χ1) is 10.4. The minimum Gasteiger partial charge on any atom is -0.394 e. The van der Waals surface area contributed by atoms with Gasteiger partial charge in [-0.3, -0.25) is 9.58 Å². The highest BCUT2D eigenvalue weighted by molar-refractivity contribution is 6.42. The standard InChI is InChI=1S/C16H21Cl2N3O/c1-11-14(12(2)21(19-11)6-7-22)10-20(3)9-13-4-5-15(17)16(18)8-13/h4-5,8,22H,6-7,9-10H2,1-3H3. The van der Waals surface area contributed by atoms with E-state index >= 15 is 0 Å². The third-order valence-corrected chi connectivity index (χ3v) is 4.45. The van der Waals surface area contributed by atoms with Gasteiger partial charge in [0.05, 0.1) is 28.9 Å². The number of benzene rings is 1. The summed E-state index contributed by atoms with van der Waals surface area (Å²) in [5, 5.41) is 14.7. The van der Waals surface area contributed by atoms with Crippen LogP contribution in [0.3, 0.4) is 0 Å². The Labute approximate surface area is 141 Å². The van der Waals surface area contributed by atoms with Gasteiger partial charge in [-0.05, 0) is 38.6 Å². The lowest BCUT2D eigenvalue weighted by molar-refractivity contribution is 0.267. The molecule has 0 fully saturated rings. The van der Waals surface area contributed by atoms with Gasteiger partial charge in [0.1, 0.15) is 0 Å². The van der Waals surface area contributed by atoms with Crippen LogP contribution in [0.5, 0.6) is 0 Å². The Hall–Kier alpha value is -1.07. The SMILES string of the molecule is Cc1nn(CCO)c(C)c1CN(C)Cc1ccc(Cl)c(Cl)c1. The van der Waals surface area contributed by atoms with Crippen LogP contribution < -0.4 is 0 Å². The van der Waals surface area contributed by atoms with E-state index in [9.17, 15) is 0 Å². The molecular formula is C16H21Cl2N3O. The molecule has 120 valence electrons. The van der Waals surface area contributed by atoms with Crippen molar-refractivity contribution in [3.63, 3.8) is 0 Å². The van der Waals surface area contributed by atoms with Gasteiger partial charge in [0.15, 0.2) is 0 Å². The molecule has 0 saturated carbocycles. The highest BCUT2D eigenvalue weighted by atomic mass is 35.5. The van der Waals surface area contributed by atoms with E-state index < -0.39 is 0 Å². The van der Waals surface area contributed by atoms with Crippen molar-refractivity contribution >= 4 is 23.2 Å². The van der Waals surface area contributed by atoms with E-state index in [-0.39, 0.29) is 6.61 Å². The number of aryl methyl sites for hydroxylation is 1. The first-order valence-electron chi connectivity index (χ1n) is 7.18. The zero-order chi connectivity index (χ0) is 16.3. The topological polar surface area (TPSA) is 41.3 Å². The smallest absolute Gasteiger partial charge is 0.0644 e. The highest BCUT2D eigenvalue weighted by Gasteiger charge is 2.13. The molecule has 1 heterocycles. The minimum absolute atomic E-state index is 0.0977. The largest absolute Gasteiger partial charge is 0.394 e. The third-order valence-electron chi connectivity index (χ3n) is 3.71. The number of halogens is 2. The zero-order valence-corrected chi connectivity index (χ0v) is 14.6. The van der Waals surface area contributed by atoms with Crippen LogP contribution in [-0.4, -0.2) is 33.4 Å². The van der Waals surface area contributed by atoms with Crippen LogP contribution in [0.2, 0.25) is 10.0 Å². The van der Waals surface area contributed by atoms with E-state index in [0.29, 0.717) is 16.6 Å².